The van der Waals surface area contributed by atoms with Crippen molar-refractivity contribution in [1.82, 2.24) is 4.98 Å². The van der Waals surface area contributed by atoms with E-state index in [9.17, 15) is 4.79 Å². The number of rotatable bonds is 3. The Morgan fingerprint density at radius 2 is 2.00 bits per heavy atom. The van der Waals surface area contributed by atoms with Gasteiger partial charge in [-0.1, -0.05) is 45.7 Å². The van der Waals surface area contributed by atoms with Gasteiger partial charge in [-0.05, 0) is 29.8 Å². The summed E-state index contributed by atoms with van der Waals surface area (Å²) in [6, 6.07) is 13.3. The van der Waals surface area contributed by atoms with Gasteiger partial charge in [-0.15, -0.1) is 0 Å². The van der Waals surface area contributed by atoms with E-state index in [2.05, 4.69) is 20.9 Å². The molecule has 1 N–H and O–H groups in total. The van der Waals surface area contributed by atoms with Gasteiger partial charge in [0.15, 0.2) is 5.78 Å². The molecule has 4 heteroatoms. The number of aromatic amines is 1. The number of H-pyrrole nitrogens is 1. The fourth-order valence-corrected chi connectivity index (χ4v) is 2.80. The lowest BCUT2D eigenvalue weighted by atomic mass is 10.0. The zero-order valence-electron chi connectivity index (χ0n) is 10.5. The molecule has 0 amide bonds. The van der Waals surface area contributed by atoms with Crippen LogP contribution < -0.4 is 0 Å². The topological polar surface area (TPSA) is 32.9 Å². The normalized spacial score (nSPS) is 10.9. The summed E-state index contributed by atoms with van der Waals surface area (Å²) in [5, 5.41) is 1.55. The highest BCUT2D eigenvalue weighted by Crippen LogP contribution is 2.25. The number of hydrogen-bond donors (Lipinski definition) is 1. The van der Waals surface area contributed by atoms with Crippen molar-refractivity contribution in [2.75, 3.05) is 0 Å². The van der Waals surface area contributed by atoms with Crippen molar-refractivity contribution in [3.05, 3.63) is 69.3 Å². The molecule has 0 aliphatic heterocycles. The minimum absolute atomic E-state index is 0.0578. The SMILES string of the molecule is O=C(Cc1ccccc1Cl)c1c[nH]c2ccc(Br)cc12. The molecule has 0 bridgehead atoms. The first-order chi connectivity index (χ1) is 9.65. The molecule has 0 aliphatic rings. The van der Waals surface area contributed by atoms with Crippen LogP contribution in [-0.2, 0) is 6.42 Å². The summed E-state index contributed by atoms with van der Waals surface area (Å²) in [5.41, 5.74) is 2.50. The Bertz CT molecular complexity index is 794. The molecule has 1 aromatic heterocycles. The molecule has 0 unspecified atom stereocenters. The van der Waals surface area contributed by atoms with Gasteiger partial charge in [0.05, 0.1) is 0 Å². The average Bonchev–Trinajstić information content (AvgIpc) is 2.84. The third-order valence-electron chi connectivity index (χ3n) is 3.25. The van der Waals surface area contributed by atoms with E-state index >= 15 is 0 Å². The summed E-state index contributed by atoms with van der Waals surface area (Å²) >= 11 is 9.54. The molecular weight excluding hydrogens is 338 g/mol. The van der Waals surface area contributed by atoms with Crippen LogP contribution in [0.15, 0.2) is 53.1 Å². The minimum atomic E-state index is 0.0578. The van der Waals surface area contributed by atoms with Crippen LogP contribution in [-0.4, -0.2) is 10.8 Å². The quantitative estimate of drug-likeness (QED) is 0.663. The molecule has 0 saturated heterocycles. The van der Waals surface area contributed by atoms with Gasteiger partial charge in [0.25, 0.3) is 0 Å². The van der Waals surface area contributed by atoms with Crippen molar-refractivity contribution in [1.29, 1.82) is 0 Å². The van der Waals surface area contributed by atoms with Crippen LogP contribution >= 0.6 is 27.5 Å². The van der Waals surface area contributed by atoms with Gasteiger partial charge >= 0.3 is 0 Å². The molecule has 3 aromatic rings. The van der Waals surface area contributed by atoms with Crippen LogP contribution in [0.2, 0.25) is 5.02 Å². The van der Waals surface area contributed by atoms with E-state index in [0.717, 1.165) is 20.9 Å². The predicted octanol–water partition coefficient (Wildman–Crippen LogP) is 5.01. The van der Waals surface area contributed by atoms with E-state index in [1.165, 1.54) is 0 Å². The highest BCUT2D eigenvalue weighted by molar-refractivity contribution is 9.10. The number of hydrogen-bond acceptors (Lipinski definition) is 1. The number of carbonyl (C=O) groups is 1. The molecule has 0 spiro atoms. The molecule has 0 radical (unpaired) electrons. The van der Waals surface area contributed by atoms with Gasteiger partial charge in [0, 0.05) is 38.6 Å². The van der Waals surface area contributed by atoms with Crippen molar-refractivity contribution in [2.24, 2.45) is 0 Å². The number of fused-ring (bicyclic) bond motifs is 1. The third kappa shape index (κ3) is 2.51. The molecule has 0 fully saturated rings. The number of ketones is 1. The van der Waals surface area contributed by atoms with Gasteiger partial charge in [-0.2, -0.15) is 0 Å². The maximum absolute atomic E-state index is 12.5. The largest absolute Gasteiger partial charge is 0.360 e. The number of nitrogens with one attached hydrogen (secondary N) is 1. The molecule has 0 aliphatic carbocycles. The van der Waals surface area contributed by atoms with Crippen LogP contribution in [0.4, 0.5) is 0 Å². The second-order valence-electron chi connectivity index (χ2n) is 4.58. The monoisotopic (exact) mass is 347 g/mol. The Balaban J connectivity index is 1.97. The fourth-order valence-electron chi connectivity index (χ4n) is 2.23. The zero-order valence-corrected chi connectivity index (χ0v) is 12.8. The fraction of sp³-hybridized carbons (Fsp3) is 0.0625. The van der Waals surface area contributed by atoms with Crippen LogP contribution in [0.5, 0.6) is 0 Å². The predicted molar refractivity (Wildman–Crippen MR) is 85.5 cm³/mol. The van der Waals surface area contributed by atoms with E-state index < -0.39 is 0 Å². The van der Waals surface area contributed by atoms with Crippen LogP contribution in [0.1, 0.15) is 15.9 Å². The first-order valence-corrected chi connectivity index (χ1v) is 7.35. The summed E-state index contributed by atoms with van der Waals surface area (Å²) < 4.78 is 0.955. The Hall–Kier alpha value is -1.58. The Morgan fingerprint density at radius 1 is 1.20 bits per heavy atom. The molecule has 2 aromatic carbocycles. The van der Waals surface area contributed by atoms with E-state index in [-0.39, 0.29) is 5.78 Å². The lowest BCUT2D eigenvalue weighted by Gasteiger charge is -2.03. The molecule has 0 atom stereocenters. The van der Waals surface area contributed by atoms with Crippen molar-refractivity contribution in [2.45, 2.75) is 6.42 Å². The summed E-state index contributed by atoms with van der Waals surface area (Å²) in [5.74, 6) is 0.0578. The van der Waals surface area contributed by atoms with Crippen molar-refractivity contribution in [3.63, 3.8) is 0 Å². The maximum atomic E-state index is 12.5. The maximum Gasteiger partial charge on any atom is 0.169 e. The molecule has 3 rings (SSSR count). The van der Waals surface area contributed by atoms with Gasteiger partial charge in [0.1, 0.15) is 0 Å². The Morgan fingerprint density at radius 3 is 2.80 bits per heavy atom. The van der Waals surface area contributed by atoms with Crippen molar-refractivity contribution >= 4 is 44.2 Å². The molecule has 1 heterocycles. The molecule has 100 valence electrons. The number of aromatic nitrogens is 1. The first kappa shape index (κ1) is 13.4. The number of halogens is 2. The van der Waals surface area contributed by atoms with Crippen molar-refractivity contribution < 1.29 is 4.79 Å². The van der Waals surface area contributed by atoms with E-state index in [0.29, 0.717) is 17.0 Å². The van der Waals surface area contributed by atoms with E-state index in [4.69, 9.17) is 11.6 Å². The Labute approximate surface area is 129 Å². The standard InChI is InChI=1S/C16H11BrClNO/c17-11-5-6-15-12(8-11)13(9-19-15)16(20)7-10-3-1-2-4-14(10)18/h1-6,8-9,19H,7H2. The smallest absolute Gasteiger partial charge is 0.169 e. The molecule has 2 nitrogen and oxygen atoms in total. The van der Waals surface area contributed by atoms with Gasteiger partial charge in [-0.3, -0.25) is 4.79 Å². The zero-order chi connectivity index (χ0) is 14.1. The lowest BCUT2D eigenvalue weighted by Crippen LogP contribution is -2.03. The first-order valence-electron chi connectivity index (χ1n) is 6.18. The summed E-state index contributed by atoms with van der Waals surface area (Å²) in [4.78, 5) is 15.6. The summed E-state index contributed by atoms with van der Waals surface area (Å²) in [6.45, 7) is 0. The molecule has 0 saturated carbocycles. The lowest BCUT2D eigenvalue weighted by molar-refractivity contribution is 0.0994. The number of Topliss-reactive ketones (excluding diaryl/α,β-unsaturated/α-hetero) is 1. The van der Waals surface area contributed by atoms with Crippen molar-refractivity contribution in [3.8, 4) is 0 Å². The van der Waals surface area contributed by atoms with Gasteiger partial charge in [-0.25, -0.2) is 0 Å². The van der Waals surface area contributed by atoms with Gasteiger partial charge in [0.2, 0.25) is 0 Å². The number of carbonyl (C=O) groups excluding carboxylic acids is 1. The van der Waals surface area contributed by atoms with Gasteiger partial charge < -0.3 is 4.98 Å². The highest BCUT2D eigenvalue weighted by Gasteiger charge is 2.14. The van der Waals surface area contributed by atoms with E-state index in [1.807, 2.05) is 36.4 Å². The third-order valence-corrected chi connectivity index (χ3v) is 4.12. The second-order valence-corrected chi connectivity index (χ2v) is 5.91. The molecular formula is C16H11BrClNO. The summed E-state index contributed by atoms with van der Waals surface area (Å²) in [7, 11) is 0. The second kappa shape index (κ2) is 5.43. The van der Waals surface area contributed by atoms with Crippen LogP contribution in [0.3, 0.4) is 0 Å². The highest BCUT2D eigenvalue weighted by atomic mass is 79.9. The van der Waals surface area contributed by atoms with E-state index in [1.54, 1.807) is 12.3 Å². The molecule has 20 heavy (non-hydrogen) atoms. The minimum Gasteiger partial charge on any atom is -0.360 e. The van der Waals surface area contributed by atoms with Crippen LogP contribution in [0.25, 0.3) is 10.9 Å². The Kier molecular flexibility index (Phi) is 3.64. The van der Waals surface area contributed by atoms with Crippen LogP contribution in [0, 0.1) is 0 Å². The average molecular weight is 349 g/mol. The number of benzene rings is 2. The summed E-state index contributed by atoms with van der Waals surface area (Å²) in [6.07, 6.45) is 2.06.